The first-order valence-corrected chi connectivity index (χ1v) is 16.7. The Labute approximate surface area is 271 Å². The van der Waals surface area contributed by atoms with E-state index >= 15 is 0 Å². The maximum Gasteiger partial charge on any atom is 0.294 e. The molecule has 0 radical (unpaired) electrons. The van der Waals surface area contributed by atoms with Gasteiger partial charge >= 0.3 is 0 Å². The van der Waals surface area contributed by atoms with Gasteiger partial charge in [0.25, 0.3) is 27.1 Å². The van der Waals surface area contributed by atoms with Crippen molar-refractivity contribution in [3.63, 3.8) is 0 Å². The summed E-state index contributed by atoms with van der Waals surface area (Å²) >= 11 is 0.715. The minimum absolute atomic E-state index is 0.0256. The van der Waals surface area contributed by atoms with Gasteiger partial charge in [-0.25, -0.2) is 13.1 Å². The molecule has 0 saturated carbocycles. The number of aryl methyl sites for hydroxylation is 2. The molecule has 234 valence electrons. The molecule has 0 unspecified atom stereocenters. The Bertz CT molecular complexity index is 1910. The van der Waals surface area contributed by atoms with Crippen LogP contribution in [0.15, 0.2) is 113 Å². The molecule has 1 heterocycles. The second-order valence-corrected chi connectivity index (χ2v) is 13.5. The predicted molar refractivity (Wildman–Crippen MR) is 178 cm³/mol. The number of hydrogen-bond donors (Lipinski definition) is 2. The van der Waals surface area contributed by atoms with E-state index in [2.05, 4.69) is 5.32 Å². The molecule has 1 aliphatic heterocycles. The molecular weight excluding hydrogens is 623 g/mol. The Morgan fingerprint density at radius 3 is 1.98 bits per heavy atom. The number of benzene rings is 4. The average Bonchev–Trinajstić information content (AvgIpc) is 3.29. The third-order valence-electron chi connectivity index (χ3n) is 7.27. The van der Waals surface area contributed by atoms with Gasteiger partial charge in [-0.3, -0.25) is 24.1 Å². The maximum atomic E-state index is 13.2. The van der Waals surface area contributed by atoms with E-state index in [9.17, 15) is 27.6 Å². The molecule has 0 spiro atoms. The summed E-state index contributed by atoms with van der Waals surface area (Å²) in [6, 6.07) is 29.0. The summed E-state index contributed by atoms with van der Waals surface area (Å²) < 4.78 is 27.8. The van der Waals surface area contributed by atoms with E-state index in [4.69, 9.17) is 0 Å². The topological polar surface area (TPSA) is 130 Å². The molecule has 1 fully saturated rings. The number of carbonyl (C=O) groups is 4. The molecule has 4 aromatic rings. The van der Waals surface area contributed by atoms with E-state index in [1.54, 1.807) is 55.5 Å². The summed E-state index contributed by atoms with van der Waals surface area (Å²) in [5.74, 6) is -2.39. The normalized spacial score (nSPS) is 14.7. The number of nitrogens with zero attached hydrogens (tertiary/aromatic N) is 1. The van der Waals surface area contributed by atoms with E-state index < -0.39 is 45.6 Å². The fourth-order valence-corrected chi connectivity index (χ4v) is 6.59. The Hall–Kier alpha value is -5.00. The molecule has 0 aromatic heterocycles. The largest absolute Gasteiger partial charge is 0.342 e. The number of thioether (sulfide) groups is 1. The average molecular weight is 654 g/mol. The molecule has 1 saturated heterocycles. The van der Waals surface area contributed by atoms with E-state index in [-0.39, 0.29) is 16.2 Å². The molecule has 5 rings (SSSR count). The fraction of sp³-hybridized carbons (Fsp3) is 0.143. The highest BCUT2D eigenvalue weighted by Gasteiger charge is 2.37. The van der Waals surface area contributed by atoms with Gasteiger partial charge in [-0.1, -0.05) is 102 Å². The highest BCUT2D eigenvalue weighted by atomic mass is 32.2. The Balaban J connectivity index is 1.27. The second kappa shape index (κ2) is 14.0. The van der Waals surface area contributed by atoms with Gasteiger partial charge in [0.1, 0.15) is 12.6 Å². The predicted octanol–water partition coefficient (Wildman–Crippen LogP) is 5.24. The van der Waals surface area contributed by atoms with Crippen molar-refractivity contribution in [1.82, 2.24) is 14.9 Å². The maximum absolute atomic E-state index is 13.2. The van der Waals surface area contributed by atoms with Crippen molar-refractivity contribution in [3.05, 3.63) is 130 Å². The van der Waals surface area contributed by atoms with Gasteiger partial charge in [0.2, 0.25) is 5.91 Å². The summed E-state index contributed by atoms with van der Waals surface area (Å²) in [5, 5.41) is 1.89. The Kier molecular flexibility index (Phi) is 9.84. The lowest BCUT2D eigenvalue weighted by molar-refractivity contribution is -0.131. The van der Waals surface area contributed by atoms with Crippen LogP contribution in [0.1, 0.15) is 22.3 Å². The first-order chi connectivity index (χ1) is 22.0. The lowest BCUT2D eigenvalue weighted by atomic mass is 10.0. The van der Waals surface area contributed by atoms with E-state index in [1.807, 2.05) is 60.2 Å². The van der Waals surface area contributed by atoms with Gasteiger partial charge in [0.15, 0.2) is 0 Å². The van der Waals surface area contributed by atoms with Gasteiger partial charge in [-0.05, 0) is 66.1 Å². The first kappa shape index (κ1) is 32.4. The van der Waals surface area contributed by atoms with Gasteiger partial charge in [-0.15, -0.1) is 0 Å². The molecule has 0 bridgehead atoms. The third kappa shape index (κ3) is 7.98. The minimum atomic E-state index is -4.23. The molecule has 2 N–H and O–H groups in total. The van der Waals surface area contributed by atoms with Crippen LogP contribution < -0.4 is 10.0 Å². The number of carbonyl (C=O) groups excluding carboxylic acids is 4. The number of amides is 4. The van der Waals surface area contributed by atoms with Crippen molar-refractivity contribution < 1.29 is 27.6 Å². The quantitative estimate of drug-likeness (QED) is 0.224. The smallest absolute Gasteiger partial charge is 0.294 e. The van der Waals surface area contributed by atoms with Crippen LogP contribution in [0.25, 0.3) is 17.2 Å². The van der Waals surface area contributed by atoms with Crippen molar-refractivity contribution >= 4 is 50.8 Å². The van der Waals surface area contributed by atoms with Crippen molar-refractivity contribution in [2.24, 2.45) is 0 Å². The van der Waals surface area contributed by atoms with Gasteiger partial charge in [0.05, 0.1) is 9.80 Å². The fourth-order valence-electron chi connectivity index (χ4n) is 4.73. The van der Waals surface area contributed by atoms with Crippen LogP contribution >= 0.6 is 11.8 Å². The standard InChI is InChI=1S/C35H31N3O6S2/c1-23-8-14-27(15-9-23)28-16-12-26(13-17-28)21-31-34(41)38(35(42)45-31)22-32(39)36-30(20-25-6-4-3-5-7-25)33(40)37-46(43,44)29-18-10-24(2)11-19-29/h3-19,21,30H,20,22H2,1-2H3,(H,36,39)(H,37,40)/t30-/m0/s1. The van der Waals surface area contributed by atoms with Crippen LogP contribution in [0.3, 0.4) is 0 Å². The molecule has 11 heteroatoms. The molecular formula is C35H31N3O6S2. The van der Waals surface area contributed by atoms with Crippen molar-refractivity contribution in [3.8, 4) is 11.1 Å². The van der Waals surface area contributed by atoms with Crippen LogP contribution in [0.5, 0.6) is 0 Å². The van der Waals surface area contributed by atoms with E-state index in [1.165, 1.54) is 12.1 Å². The molecule has 1 aliphatic rings. The third-order valence-corrected chi connectivity index (χ3v) is 9.54. The highest BCUT2D eigenvalue weighted by molar-refractivity contribution is 8.18. The summed E-state index contributed by atoms with van der Waals surface area (Å²) in [5.41, 5.74) is 5.43. The van der Waals surface area contributed by atoms with Gasteiger partial charge < -0.3 is 5.32 Å². The number of imide groups is 1. The molecule has 9 nitrogen and oxygen atoms in total. The zero-order chi connectivity index (χ0) is 32.8. The summed E-state index contributed by atoms with van der Waals surface area (Å²) in [7, 11) is -4.23. The lowest BCUT2D eigenvalue weighted by Crippen LogP contribution is -2.52. The van der Waals surface area contributed by atoms with Crippen LogP contribution in [-0.4, -0.2) is 48.9 Å². The number of rotatable bonds is 10. The molecule has 4 aromatic carbocycles. The lowest BCUT2D eigenvalue weighted by Gasteiger charge is -2.20. The molecule has 4 amide bonds. The van der Waals surface area contributed by atoms with Crippen LogP contribution in [-0.2, 0) is 30.8 Å². The van der Waals surface area contributed by atoms with Crippen molar-refractivity contribution in [1.29, 1.82) is 0 Å². The number of sulfonamides is 1. The van der Waals surface area contributed by atoms with Gasteiger partial charge in [0, 0.05) is 6.42 Å². The summed E-state index contributed by atoms with van der Waals surface area (Å²) in [6.07, 6.45) is 1.56. The van der Waals surface area contributed by atoms with Gasteiger partial charge in [-0.2, -0.15) is 0 Å². The minimum Gasteiger partial charge on any atom is -0.342 e. The zero-order valence-electron chi connectivity index (χ0n) is 25.1. The van der Waals surface area contributed by atoms with Crippen LogP contribution in [0.4, 0.5) is 4.79 Å². The van der Waals surface area contributed by atoms with Crippen LogP contribution in [0.2, 0.25) is 0 Å². The Morgan fingerprint density at radius 2 is 1.37 bits per heavy atom. The Morgan fingerprint density at radius 1 is 0.804 bits per heavy atom. The SMILES string of the molecule is Cc1ccc(-c2ccc(C=C3SC(=O)N(CC(=O)N[C@@H](Cc4ccccc4)C(=O)NS(=O)(=O)c4ccc(C)cc4)C3=O)cc2)cc1. The molecule has 1 atom stereocenters. The second-order valence-electron chi connectivity index (χ2n) is 10.8. The van der Waals surface area contributed by atoms with E-state index in [0.29, 0.717) is 22.9 Å². The van der Waals surface area contributed by atoms with E-state index in [0.717, 1.165) is 27.2 Å². The highest BCUT2D eigenvalue weighted by Crippen LogP contribution is 2.32. The first-order valence-electron chi connectivity index (χ1n) is 14.4. The monoisotopic (exact) mass is 653 g/mol. The molecule has 0 aliphatic carbocycles. The van der Waals surface area contributed by atoms with Crippen LogP contribution in [0, 0.1) is 13.8 Å². The van der Waals surface area contributed by atoms with Crippen molar-refractivity contribution in [2.45, 2.75) is 31.2 Å². The number of nitrogens with one attached hydrogen (secondary N) is 2. The summed E-state index contributed by atoms with van der Waals surface area (Å²) in [6.45, 7) is 3.18. The number of hydrogen-bond acceptors (Lipinski definition) is 7. The van der Waals surface area contributed by atoms with Crippen molar-refractivity contribution in [2.75, 3.05) is 6.54 Å². The molecule has 46 heavy (non-hydrogen) atoms. The zero-order valence-corrected chi connectivity index (χ0v) is 26.7. The summed E-state index contributed by atoms with van der Waals surface area (Å²) in [4.78, 5) is 53.1.